The first-order valence-electron chi connectivity index (χ1n) is 5.89. The first-order chi connectivity index (χ1) is 7.08. The smallest absolute Gasteiger partial charge is 0.0826 e. The predicted octanol–water partition coefficient (Wildman–Crippen LogP) is 3.38. The van der Waals surface area contributed by atoms with Gasteiger partial charge in [-0.05, 0) is 19.3 Å². The quantitative estimate of drug-likeness (QED) is 0.718. The molecule has 1 aliphatic heterocycles. The number of hydrogen-bond donors (Lipinski definition) is 0. The average Bonchev–Trinajstić information content (AvgIpc) is 2.17. The van der Waals surface area contributed by atoms with Crippen molar-refractivity contribution in [2.75, 3.05) is 18.5 Å². The van der Waals surface area contributed by atoms with Crippen molar-refractivity contribution in [1.29, 1.82) is 0 Å². The van der Waals surface area contributed by atoms with Crippen molar-refractivity contribution in [1.82, 2.24) is 0 Å². The summed E-state index contributed by atoms with van der Waals surface area (Å²) in [5.41, 5.74) is 0.0204. The van der Waals surface area contributed by atoms with Crippen LogP contribution in [0.1, 0.15) is 40.0 Å². The Balaban J connectivity index is 2.43. The Morgan fingerprint density at radius 1 is 1.27 bits per heavy atom. The van der Waals surface area contributed by atoms with E-state index in [1.807, 2.05) is 0 Å². The highest BCUT2D eigenvalue weighted by Crippen LogP contribution is 2.29. The largest absolute Gasteiger partial charge is 0.381 e. The van der Waals surface area contributed by atoms with E-state index in [-0.39, 0.29) is 5.60 Å². The Hall–Kier alpha value is 0.400. The summed E-state index contributed by atoms with van der Waals surface area (Å²) >= 11 is 3.58. The van der Waals surface area contributed by atoms with Gasteiger partial charge in [-0.15, -0.1) is 0 Å². The van der Waals surface area contributed by atoms with Gasteiger partial charge in [0.1, 0.15) is 0 Å². The SMILES string of the molecule is CC(C)CC(C)OC1(CBr)CCOCC1. The number of alkyl halides is 1. The molecule has 1 heterocycles. The lowest BCUT2D eigenvalue weighted by atomic mass is 9.95. The Morgan fingerprint density at radius 2 is 1.87 bits per heavy atom. The highest BCUT2D eigenvalue weighted by atomic mass is 79.9. The van der Waals surface area contributed by atoms with E-state index in [4.69, 9.17) is 9.47 Å². The van der Waals surface area contributed by atoms with E-state index >= 15 is 0 Å². The number of halogens is 1. The summed E-state index contributed by atoms with van der Waals surface area (Å²) in [6.07, 6.45) is 3.51. The molecule has 0 aliphatic carbocycles. The third kappa shape index (κ3) is 4.41. The van der Waals surface area contributed by atoms with Gasteiger partial charge in [0.25, 0.3) is 0 Å². The van der Waals surface area contributed by atoms with Crippen LogP contribution < -0.4 is 0 Å². The molecule has 0 radical (unpaired) electrons. The summed E-state index contributed by atoms with van der Waals surface area (Å²) in [6.45, 7) is 8.33. The van der Waals surface area contributed by atoms with Crippen molar-refractivity contribution >= 4 is 15.9 Å². The summed E-state index contributed by atoms with van der Waals surface area (Å²) < 4.78 is 11.6. The Kier molecular flexibility index (Phi) is 5.58. The first-order valence-corrected chi connectivity index (χ1v) is 7.02. The van der Waals surface area contributed by atoms with Gasteiger partial charge in [-0.25, -0.2) is 0 Å². The fraction of sp³-hybridized carbons (Fsp3) is 1.00. The minimum absolute atomic E-state index is 0.0204. The highest BCUT2D eigenvalue weighted by molar-refractivity contribution is 9.09. The second-order valence-corrected chi connectivity index (χ2v) is 5.55. The molecule has 3 heteroatoms. The molecule has 90 valence electrons. The maximum absolute atomic E-state index is 6.21. The van der Waals surface area contributed by atoms with Crippen LogP contribution in [-0.2, 0) is 9.47 Å². The molecule has 1 aliphatic rings. The van der Waals surface area contributed by atoms with Crippen LogP contribution in [-0.4, -0.2) is 30.2 Å². The summed E-state index contributed by atoms with van der Waals surface area (Å²) in [6, 6.07) is 0. The molecule has 0 aromatic rings. The van der Waals surface area contributed by atoms with Crippen molar-refractivity contribution in [2.45, 2.75) is 51.7 Å². The van der Waals surface area contributed by atoms with Gasteiger partial charge in [0.2, 0.25) is 0 Å². The zero-order valence-electron chi connectivity index (χ0n) is 10.1. The summed E-state index contributed by atoms with van der Waals surface area (Å²) in [5, 5.41) is 0.922. The molecule has 1 saturated heterocycles. The van der Waals surface area contributed by atoms with Gasteiger partial charge < -0.3 is 9.47 Å². The minimum atomic E-state index is 0.0204. The zero-order valence-corrected chi connectivity index (χ0v) is 11.7. The fourth-order valence-corrected chi connectivity index (χ4v) is 2.86. The molecule has 1 rings (SSSR count). The van der Waals surface area contributed by atoms with Gasteiger partial charge in [0, 0.05) is 31.4 Å². The maximum Gasteiger partial charge on any atom is 0.0826 e. The normalized spacial score (nSPS) is 23.0. The number of hydrogen-bond acceptors (Lipinski definition) is 2. The van der Waals surface area contributed by atoms with Gasteiger partial charge in [0.15, 0.2) is 0 Å². The maximum atomic E-state index is 6.21. The summed E-state index contributed by atoms with van der Waals surface area (Å²) in [5.74, 6) is 0.701. The van der Waals surface area contributed by atoms with E-state index in [9.17, 15) is 0 Å². The van der Waals surface area contributed by atoms with E-state index in [2.05, 4.69) is 36.7 Å². The first kappa shape index (κ1) is 13.5. The molecule has 0 aromatic heterocycles. The lowest BCUT2D eigenvalue weighted by Gasteiger charge is -2.38. The van der Waals surface area contributed by atoms with Crippen LogP contribution in [0.25, 0.3) is 0 Å². The van der Waals surface area contributed by atoms with Crippen molar-refractivity contribution in [3.8, 4) is 0 Å². The molecule has 0 N–H and O–H groups in total. The van der Waals surface area contributed by atoms with Crippen LogP contribution in [0.4, 0.5) is 0 Å². The molecular formula is C12H23BrO2. The van der Waals surface area contributed by atoms with Crippen LogP contribution in [0, 0.1) is 5.92 Å². The molecule has 1 unspecified atom stereocenters. The van der Waals surface area contributed by atoms with E-state index in [0.717, 1.165) is 37.8 Å². The van der Waals surface area contributed by atoms with Crippen LogP contribution in [0.3, 0.4) is 0 Å². The summed E-state index contributed by atoms with van der Waals surface area (Å²) in [4.78, 5) is 0. The van der Waals surface area contributed by atoms with Crippen molar-refractivity contribution in [3.05, 3.63) is 0 Å². The number of rotatable bonds is 5. The van der Waals surface area contributed by atoms with Crippen molar-refractivity contribution in [2.24, 2.45) is 5.92 Å². The van der Waals surface area contributed by atoms with Crippen LogP contribution in [0.5, 0.6) is 0 Å². The van der Waals surface area contributed by atoms with Crippen LogP contribution in [0.15, 0.2) is 0 Å². The monoisotopic (exact) mass is 278 g/mol. The van der Waals surface area contributed by atoms with Gasteiger partial charge in [-0.2, -0.15) is 0 Å². The molecule has 0 spiro atoms. The lowest BCUT2D eigenvalue weighted by Crippen LogP contribution is -2.43. The topological polar surface area (TPSA) is 18.5 Å². The molecule has 0 aromatic carbocycles. The Bertz CT molecular complexity index is 176. The van der Waals surface area contributed by atoms with Crippen LogP contribution >= 0.6 is 15.9 Å². The standard InChI is InChI=1S/C12H23BrO2/c1-10(2)8-11(3)15-12(9-13)4-6-14-7-5-12/h10-11H,4-9H2,1-3H3. The van der Waals surface area contributed by atoms with Gasteiger partial charge in [0.05, 0.1) is 11.7 Å². The molecule has 0 amide bonds. The second kappa shape index (κ2) is 6.21. The minimum Gasteiger partial charge on any atom is -0.381 e. The van der Waals surface area contributed by atoms with E-state index < -0.39 is 0 Å². The average molecular weight is 279 g/mol. The van der Waals surface area contributed by atoms with E-state index in [0.29, 0.717) is 12.0 Å². The molecule has 1 fully saturated rings. The van der Waals surface area contributed by atoms with Crippen molar-refractivity contribution < 1.29 is 9.47 Å². The molecule has 2 nitrogen and oxygen atoms in total. The molecular weight excluding hydrogens is 256 g/mol. The number of ether oxygens (including phenoxy) is 2. The van der Waals surface area contributed by atoms with Crippen LogP contribution in [0.2, 0.25) is 0 Å². The zero-order chi connectivity index (χ0) is 11.3. The third-order valence-electron chi connectivity index (χ3n) is 2.90. The van der Waals surface area contributed by atoms with Gasteiger partial charge in [-0.1, -0.05) is 29.8 Å². The van der Waals surface area contributed by atoms with Gasteiger partial charge >= 0.3 is 0 Å². The van der Waals surface area contributed by atoms with Gasteiger partial charge in [-0.3, -0.25) is 0 Å². The molecule has 0 bridgehead atoms. The fourth-order valence-electron chi connectivity index (χ4n) is 2.17. The Labute approximate surface area is 102 Å². The molecule has 1 atom stereocenters. The molecule has 0 saturated carbocycles. The summed E-state index contributed by atoms with van der Waals surface area (Å²) in [7, 11) is 0. The Morgan fingerprint density at radius 3 is 2.33 bits per heavy atom. The van der Waals surface area contributed by atoms with E-state index in [1.165, 1.54) is 0 Å². The lowest BCUT2D eigenvalue weighted by molar-refractivity contribution is -0.127. The highest BCUT2D eigenvalue weighted by Gasteiger charge is 2.34. The molecule has 15 heavy (non-hydrogen) atoms. The second-order valence-electron chi connectivity index (χ2n) is 4.99. The van der Waals surface area contributed by atoms with Crippen molar-refractivity contribution in [3.63, 3.8) is 0 Å². The predicted molar refractivity (Wildman–Crippen MR) is 66.6 cm³/mol. The third-order valence-corrected chi connectivity index (χ3v) is 3.92. The van der Waals surface area contributed by atoms with E-state index in [1.54, 1.807) is 0 Å².